The lowest BCUT2D eigenvalue weighted by Crippen LogP contribution is -2.29. The molecule has 1 atom stereocenters. The third-order valence-corrected chi connectivity index (χ3v) is 6.10. The van der Waals surface area contributed by atoms with Crippen LogP contribution in [-0.4, -0.2) is 30.3 Å². The Hall–Kier alpha value is -2.80. The fourth-order valence-corrected chi connectivity index (χ4v) is 3.74. The SMILES string of the molecule is COP(=O)(OC)C(NC(=O)c1ccccc1)c1nnc(-c2ccc(C)cc2)o1. The largest absolute Gasteiger partial charge is 0.418 e. The number of rotatable bonds is 7. The Labute approximate surface area is 162 Å². The Morgan fingerprint density at radius 1 is 1.04 bits per heavy atom. The summed E-state index contributed by atoms with van der Waals surface area (Å²) in [5, 5.41) is 10.6. The van der Waals surface area contributed by atoms with Crippen LogP contribution in [0.1, 0.15) is 27.6 Å². The molecule has 0 aliphatic rings. The van der Waals surface area contributed by atoms with Gasteiger partial charge in [0, 0.05) is 25.3 Å². The lowest BCUT2D eigenvalue weighted by atomic mass is 10.1. The van der Waals surface area contributed by atoms with Gasteiger partial charge in [-0.15, -0.1) is 10.2 Å². The van der Waals surface area contributed by atoms with Gasteiger partial charge in [0.2, 0.25) is 11.7 Å². The predicted octanol–water partition coefficient (Wildman–Crippen LogP) is 3.96. The second-order valence-corrected chi connectivity index (χ2v) is 8.28. The first-order valence-electron chi connectivity index (χ1n) is 8.44. The molecule has 146 valence electrons. The molecular formula is C19H20N3O5P. The molecule has 1 N–H and O–H groups in total. The molecule has 1 amide bonds. The lowest BCUT2D eigenvalue weighted by molar-refractivity contribution is 0.0935. The van der Waals surface area contributed by atoms with E-state index in [4.69, 9.17) is 13.5 Å². The normalized spacial score (nSPS) is 12.5. The highest BCUT2D eigenvalue weighted by atomic mass is 31.2. The Morgan fingerprint density at radius 3 is 2.29 bits per heavy atom. The molecule has 3 rings (SSSR count). The third kappa shape index (κ3) is 4.20. The van der Waals surface area contributed by atoms with Crippen LogP contribution in [0.15, 0.2) is 59.0 Å². The maximum absolute atomic E-state index is 13.0. The van der Waals surface area contributed by atoms with E-state index in [-0.39, 0.29) is 11.8 Å². The van der Waals surface area contributed by atoms with Crippen LogP contribution in [0.5, 0.6) is 0 Å². The number of benzene rings is 2. The summed E-state index contributed by atoms with van der Waals surface area (Å²) in [5.74, 6) is -1.59. The first-order chi connectivity index (χ1) is 13.5. The van der Waals surface area contributed by atoms with Crippen molar-refractivity contribution in [3.63, 3.8) is 0 Å². The summed E-state index contributed by atoms with van der Waals surface area (Å²) in [5.41, 5.74) is 2.16. The number of carbonyl (C=O) groups excluding carboxylic acids is 1. The van der Waals surface area contributed by atoms with E-state index in [2.05, 4.69) is 15.5 Å². The van der Waals surface area contributed by atoms with Crippen LogP contribution in [0.3, 0.4) is 0 Å². The van der Waals surface area contributed by atoms with Gasteiger partial charge in [0.1, 0.15) is 0 Å². The molecule has 0 saturated heterocycles. The monoisotopic (exact) mass is 401 g/mol. The summed E-state index contributed by atoms with van der Waals surface area (Å²) >= 11 is 0. The zero-order valence-electron chi connectivity index (χ0n) is 15.7. The quantitative estimate of drug-likeness (QED) is 0.598. The Bertz CT molecular complexity index is 980. The van der Waals surface area contributed by atoms with E-state index < -0.39 is 19.3 Å². The average Bonchev–Trinajstić information content (AvgIpc) is 3.22. The average molecular weight is 401 g/mol. The van der Waals surface area contributed by atoms with E-state index in [1.165, 1.54) is 14.2 Å². The highest BCUT2D eigenvalue weighted by molar-refractivity contribution is 7.54. The Morgan fingerprint density at radius 2 is 1.68 bits per heavy atom. The molecule has 0 fully saturated rings. The molecular weight excluding hydrogens is 381 g/mol. The van der Waals surface area contributed by atoms with Crippen LogP contribution in [0.25, 0.3) is 11.5 Å². The minimum Gasteiger partial charge on any atom is -0.418 e. The van der Waals surface area contributed by atoms with Crippen molar-refractivity contribution in [2.75, 3.05) is 14.2 Å². The zero-order chi connectivity index (χ0) is 20.1. The van der Waals surface area contributed by atoms with Gasteiger partial charge in [-0.3, -0.25) is 9.36 Å². The fourth-order valence-electron chi connectivity index (χ4n) is 2.52. The first-order valence-corrected chi connectivity index (χ1v) is 10.1. The number of carbonyl (C=O) groups is 1. The van der Waals surface area contributed by atoms with Crippen molar-refractivity contribution in [1.82, 2.24) is 15.5 Å². The van der Waals surface area contributed by atoms with E-state index >= 15 is 0 Å². The Balaban J connectivity index is 1.94. The molecule has 0 radical (unpaired) electrons. The van der Waals surface area contributed by atoms with E-state index in [1.807, 2.05) is 31.2 Å². The molecule has 2 aromatic carbocycles. The topological polar surface area (TPSA) is 104 Å². The van der Waals surface area contributed by atoms with Gasteiger partial charge >= 0.3 is 7.60 Å². The van der Waals surface area contributed by atoms with Gasteiger partial charge in [0.25, 0.3) is 11.8 Å². The lowest BCUT2D eigenvalue weighted by Gasteiger charge is -2.22. The van der Waals surface area contributed by atoms with Crippen LogP contribution >= 0.6 is 7.60 Å². The maximum atomic E-state index is 13.0. The van der Waals surface area contributed by atoms with Crippen LogP contribution in [0.4, 0.5) is 0 Å². The first kappa shape index (κ1) is 19.9. The molecule has 0 aliphatic heterocycles. The van der Waals surface area contributed by atoms with Gasteiger partial charge in [-0.05, 0) is 31.2 Å². The van der Waals surface area contributed by atoms with Crippen molar-refractivity contribution in [1.29, 1.82) is 0 Å². The highest BCUT2D eigenvalue weighted by Gasteiger charge is 2.41. The maximum Gasteiger partial charge on any atom is 0.361 e. The number of hydrogen-bond acceptors (Lipinski definition) is 7. The molecule has 1 aromatic heterocycles. The summed E-state index contributed by atoms with van der Waals surface area (Å²) < 4.78 is 28.8. The van der Waals surface area contributed by atoms with E-state index in [1.54, 1.807) is 30.3 Å². The molecule has 8 nitrogen and oxygen atoms in total. The molecule has 9 heteroatoms. The van der Waals surface area contributed by atoms with Crippen LogP contribution in [-0.2, 0) is 13.6 Å². The summed E-state index contributed by atoms with van der Waals surface area (Å²) in [4.78, 5) is 12.6. The third-order valence-electron chi connectivity index (χ3n) is 4.10. The van der Waals surface area contributed by atoms with Gasteiger partial charge in [-0.2, -0.15) is 0 Å². The van der Waals surface area contributed by atoms with Gasteiger partial charge in [-0.1, -0.05) is 35.9 Å². The molecule has 3 aromatic rings. The van der Waals surface area contributed by atoms with Gasteiger partial charge in [0.15, 0.2) is 0 Å². The summed E-state index contributed by atoms with van der Waals surface area (Å²) in [7, 11) is -1.35. The molecule has 1 unspecified atom stereocenters. The van der Waals surface area contributed by atoms with Crippen molar-refractivity contribution in [3.05, 3.63) is 71.6 Å². The number of aryl methyl sites for hydroxylation is 1. The van der Waals surface area contributed by atoms with Gasteiger partial charge in [0.05, 0.1) is 0 Å². The van der Waals surface area contributed by atoms with E-state index in [9.17, 15) is 9.36 Å². The fraction of sp³-hybridized carbons (Fsp3) is 0.211. The van der Waals surface area contributed by atoms with Crippen LogP contribution in [0, 0.1) is 6.92 Å². The second-order valence-electron chi connectivity index (χ2n) is 5.96. The minimum atomic E-state index is -3.80. The molecule has 0 spiro atoms. The van der Waals surface area contributed by atoms with Crippen molar-refractivity contribution in [2.45, 2.75) is 12.7 Å². The molecule has 28 heavy (non-hydrogen) atoms. The van der Waals surface area contributed by atoms with Crippen molar-refractivity contribution >= 4 is 13.5 Å². The number of nitrogens with zero attached hydrogens (tertiary/aromatic N) is 2. The van der Waals surface area contributed by atoms with E-state index in [0.29, 0.717) is 11.1 Å². The highest BCUT2D eigenvalue weighted by Crippen LogP contribution is 2.58. The number of amides is 1. The molecule has 0 bridgehead atoms. The molecule has 0 saturated carbocycles. The minimum absolute atomic E-state index is 0.0770. The van der Waals surface area contributed by atoms with Gasteiger partial charge < -0.3 is 18.8 Å². The van der Waals surface area contributed by atoms with E-state index in [0.717, 1.165) is 5.56 Å². The number of nitrogens with one attached hydrogen (secondary N) is 1. The van der Waals surface area contributed by atoms with Crippen LogP contribution in [0.2, 0.25) is 0 Å². The van der Waals surface area contributed by atoms with Gasteiger partial charge in [-0.25, -0.2) is 0 Å². The standard InChI is InChI=1S/C19H20N3O5P/c1-13-9-11-15(12-10-13)17-21-22-18(27-17)19(28(24,25-2)26-3)20-16(23)14-7-5-4-6-8-14/h4-12,19H,1-3H3,(H,20,23). The molecule has 1 heterocycles. The summed E-state index contributed by atoms with van der Waals surface area (Å²) in [6.07, 6.45) is 0. The second kappa shape index (κ2) is 8.48. The smallest absolute Gasteiger partial charge is 0.361 e. The predicted molar refractivity (Wildman–Crippen MR) is 103 cm³/mol. The number of hydrogen-bond donors (Lipinski definition) is 1. The zero-order valence-corrected chi connectivity index (χ0v) is 16.6. The summed E-state index contributed by atoms with van der Waals surface area (Å²) in [6, 6.07) is 16.0. The van der Waals surface area contributed by atoms with Crippen molar-refractivity contribution < 1.29 is 22.8 Å². The molecule has 0 aliphatic carbocycles. The summed E-state index contributed by atoms with van der Waals surface area (Å²) in [6.45, 7) is 1.96. The van der Waals surface area contributed by atoms with Crippen molar-refractivity contribution in [3.8, 4) is 11.5 Å². The Kier molecular flexibility index (Phi) is 6.04. The van der Waals surface area contributed by atoms with Crippen LogP contribution < -0.4 is 5.32 Å². The van der Waals surface area contributed by atoms with Crippen molar-refractivity contribution in [2.24, 2.45) is 0 Å². The number of aromatic nitrogens is 2.